The second-order valence-electron chi connectivity index (χ2n) is 5.24. The van der Waals surface area contributed by atoms with Crippen LogP contribution in [0.2, 0.25) is 0 Å². The third-order valence-corrected chi connectivity index (χ3v) is 3.90. The summed E-state index contributed by atoms with van der Waals surface area (Å²) < 4.78 is 2.40. The zero-order valence-corrected chi connectivity index (χ0v) is 13.8. The Morgan fingerprint density at radius 1 is 1.33 bits per heavy atom. The maximum absolute atomic E-state index is 8.73. The average molecular weight is 339 g/mol. The molecule has 0 bridgehead atoms. The van der Waals surface area contributed by atoms with E-state index in [4.69, 9.17) is 23.1 Å². The Morgan fingerprint density at radius 3 is 2.96 bits per heavy atom. The van der Waals surface area contributed by atoms with Gasteiger partial charge in [-0.3, -0.25) is 9.67 Å². The first kappa shape index (κ1) is 15.8. The molecule has 0 aliphatic rings. The highest BCUT2D eigenvalue weighted by Gasteiger charge is 2.12. The highest BCUT2D eigenvalue weighted by atomic mass is 32.1. The normalized spacial score (nSPS) is 13.2. The number of hydrogen-bond donors (Lipinski definition) is 4. The molecule has 5 N–H and O–H groups in total. The van der Waals surface area contributed by atoms with E-state index in [0.29, 0.717) is 16.3 Å². The predicted molar refractivity (Wildman–Crippen MR) is 98.3 cm³/mol. The van der Waals surface area contributed by atoms with Gasteiger partial charge >= 0.3 is 0 Å². The monoisotopic (exact) mass is 339 g/mol. The summed E-state index contributed by atoms with van der Waals surface area (Å²) in [5, 5.41) is 17.0. The number of nitrogens with two attached hydrogens (primary N) is 1. The molecule has 2 aromatic heterocycles. The maximum atomic E-state index is 8.73. The van der Waals surface area contributed by atoms with Gasteiger partial charge < -0.3 is 15.8 Å². The molecule has 0 fully saturated rings. The number of rotatable bonds is 4. The molecular weight excluding hydrogens is 322 g/mol. The molecule has 3 aromatic rings. The lowest BCUT2D eigenvalue weighted by Gasteiger charge is -2.08. The molecule has 0 amide bonds. The Balaban J connectivity index is 2.14. The van der Waals surface area contributed by atoms with Crippen molar-refractivity contribution in [3.63, 3.8) is 0 Å². The van der Waals surface area contributed by atoms with Gasteiger partial charge in [-0.2, -0.15) is 5.10 Å². The molecule has 0 aliphatic heterocycles. The number of benzene rings is 1. The van der Waals surface area contributed by atoms with E-state index in [1.54, 1.807) is 6.08 Å². The summed E-state index contributed by atoms with van der Waals surface area (Å²) in [6, 6.07) is 7.98. The molecule has 0 saturated carbocycles. The first-order chi connectivity index (χ1) is 11.6. The van der Waals surface area contributed by atoms with Crippen LogP contribution in [-0.4, -0.2) is 24.9 Å². The maximum Gasteiger partial charge on any atom is 0.200 e. The molecule has 0 spiro atoms. The standard InChI is InChI=1S/C17H17N5OS/c1-11(5-6-12(18)8-10-23)16-20-21-17(24)22(16)15-4-2-3-14-13(15)7-9-19-14/h2-10,19,23H,18H2,1H3,(H,21,24)/b10-8+,11-5+,12-6+. The fourth-order valence-electron chi connectivity index (χ4n) is 2.49. The minimum absolute atomic E-state index is 0.435. The second-order valence-corrected chi connectivity index (χ2v) is 5.62. The fraction of sp³-hybridized carbons (Fsp3) is 0.0588. The summed E-state index contributed by atoms with van der Waals surface area (Å²) in [5.41, 5.74) is 9.02. The third-order valence-electron chi connectivity index (χ3n) is 3.63. The Labute approximate surface area is 143 Å². The van der Waals surface area contributed by atoms with Crippen molar-refractivity contribution in [3.05, 3.63) is 71.2 Å². The van der Waals surface area contributed by atoms with Crippen LogP contribution in [0.1, 0.15) is 12.7 Å². The van der Waals surface area contributed by atoms with Gasteiger partial charge in [0.2, 0.25) is 0 Å². The molecule has 1 aromatic carbocycles. The van der Waals surface area contributed by atoms with Crippen LogP contribution >= 0.6 is 12.2 Å². The zero-order chi connectivity index (χ0) is 17.1. The Bertz CT molecular complexity index is 1020. The SMILES string of the molecule is C\C(=C/C=C(N)\C=C\O)c1n[nH]c(=S)n1-c1cccc2[nH]ccc12. The second kappa shape index (κ2) is 6.59. The van der Waals surface area contributed by atoms with Crippen molar-refractivity contribution >= 4 is 28.7 Å². The molecule has 2 heterocycles. The zero-order valence-electron chi connectivity index (χ0n) is 13.0. The largest absolute Gasteiger partial charge is 0.516 e. The van der Waals surface area contributed by atoms with Crippen molar-refractivity contribution in [2.24, 2.45) is 5.73 Å². The summed E-state index contributed by atoms with van der Waals surface area (Å²) in [5.74, 6) is 0.700. The van der Waals surface area contributed by atoms with E-state index in [1.807, 2.05) is 48.0 Å². The molecule has 0 radical (unpaired) electrons. The summed E-state index contributed by atoms with van der Waals surface area (Å²) in [6.45, 7) is 1.92. The molecule has 0 aliphatic carbocycles. The molecule has 122 valence electrons. The van der Waals surface area contributed by atoms with Crippen LogP contribution in [0.15, 0.2) is 60.6 Å². The fourth-order valence-corrected chi connectivity index (χ4v) is 2.72. The van der Waals surface area contributed by atoms with Gasteiger partial charge in [0.25, 0.3) is 0 Å². The van der Waals surface area contributed by atoms with Crippen molar-refractivity contribution in [2.75, 3.05) is 0 Å². The number of allylic oxidation sites excluding steroid dienone is 4. The lowest BCUT2D eigenvalue weighted by Crippen LogP contribution is -2.00. The van der Waals surface area contributed by atoms with Gasteiger partial charge in [0.1, 0.15) is 0 Å². The van der Waals surface area contributed by atoms with Crippen molar-refractivity contribution < 1.29 is 5.11 Å². The predicted octanol–water partition coefficient (Wildman–Crippen LogP) is 3.73. The van der Waals surface area contributed by atoms with Crippen molar-refractivity contribution in [3.8, 4) is 5.69 Å². The molecule has 6 nitrogen and oxygen atoms in total. The highest BCUT2D eigenvalue weighted by Crippen LogP contribution is 2.25. The number of H-pyrrole nitrogens is 2. The first-order valence-corrected chi connectivity index (χ1v) is 7.71. The quantitative estimate of drug-likeness (QED) is 0.331. The van der Waals surface area contributed by atoms with E-state index < -0.39 is 0 Å². The highest BCUT2D eigenvalue weighted by molar-refractivity contribution is 7.71. The molecule has 0 saturated heterocycles. The Hall–Kier alpha value is -3.06. The van der Waals surface area contributed by atoms with Gasteiger partial charge in [-0.1, -0.05) is 12.1 Å². The smallest absolute Gasteiger partial charge is 0.200 e. The van der Waals surface area contributed by atoms with Gasteiger partial charge in [0, 0.05) is 22.8 Å². The number of aromatic amines is 2. The lowest BCUT2D eigenvalue weighted by molar-refractivity contribution is 0.473. The molecule has 24 heavy (non-hydrogen) atoms. The molecule has 7 heteroatoms. The third kappa shape index (κ3) is 2.89. The number of nitrogens with one attached hydrogen (secondary N) is 2. The van der Waals surface area contributed by atoms with Gasteiger partial charge in [0.15, 0.2) is 10.6 Å². The molecule has 3 rings (SSSR count). The summed E-state index contributed by atoms with van der Waals surface area (Å²) >= 11 is 5.41. The van der Waals surface area contributed by atoms with Crippen LogP contribution in [0.25, 0.3) is 22.2 Å². The minimum Gasteiger partial charge on any atom is -0.516 e. The van der Waals surface area contributed by atoms with Crippen molar-refractivity contribution in [2.45, 2.75) is 6.92 Å². The van der Waals surface area contributed by atoms with E-state index in [9.17, 15) is 0 Å². The van der Waals surface area contributed by atoms with Crippen LogP contribution < -0.4 is 5.73 Å². The number of aliphatic hydroxyl groups is 1. The topological polar surface area (TPSA) is 95.7 Å². The van der Waals surface area contributed by atoms with E-state index >= 15 is 0 Å². The van der Waals surface area contributed by atoms with E-state index in [-0.39, 0.29) is 0 Å². The molecule has 0 atom stereocenters. The number of aliphatic hydroxyl groups excluding tert-OH is 1. The van der Waals surface area contributed by atoms with Gasteiger partial charge in [-0.25, -0.2) is 0 Å². The number of aromatic nitrogens is 4. The lowest BCUT2D eigenvalue weighted by atomic mass is 10.2. The van der Waals surface area contributed by atoms with Crippen LogP contribution in [0.3, 0.4) is 0 Å². The van der Waals surface area contributed by atoms with Crippen LogP contribution in [0, 0.1) is 4.77 Å². The van der Waals surface area contributed by atoms with Crippen LogP contribution in [0.5, 0.6) is 0 Å². The van der Waals surface area contributed by atoms with E-state index in [2.05, 4.69) is 15.2 Å². The minimum atomic E-state index is 0.435. The van der Waals surface area contributed by atoms with Gasteiger partial charge in [0.05, 0.1) is 11.9 Å². The molecule has 0 unspecified atom stereocenters. The summed E-state index contributed by atoms with van der Waals surface area (Å²) in [6.07, 6.45) is 7.72. The summed E-state index contributed by atoms with van der Waals surface area (Å²) in [4.78, 5) is 3.19. The number of hydrogen-bond acceptors (Lipinski definition) is 4. The van der Waals surface area contributed by atoms with Crippen LogP contribution in [-0.2, 0) is 0 Å². The number of fused-ring (bicyclic) bond motifs is 1. The first-order valence-electron chi connectivity index (χ1n) is 7.31. The van der Waals surface area contributed by atoms with Gasteiger partial charge in [-0.05, 0) is 55.1 Å². The van der Waals surface area contributed by atoms with Gasteiger partial charge in [-0.15, -0.1) is 0 Å². The van der Waals surface area contributed by atoms with Crippen molar-refractivity contribution in [1.82, 2.24) is 19.7 Å². The van der Waals surface area contributed by atoms with Crippen molar-refractivity contribution in [1.29, 1.82) is 0 Å². The average Bonchev–Trinajstić information content (AvgIpc) is 3.19. The summed E-state index contributed by atoms with van der Waals surface area (Å²) in [7, 11) is 0. The number of nitrogens with zero attached hydrogens (tertiary/aromatic N) is 2. The van der Waals surface area contributed by atoms with E-state index in [0.717, 1.165) is 28.4 Å². The molecular formula is C17H17N5OS. The van der Waals surface area contributed by atoms with E-state index in [1.165, 1.54) is 6.08 Å². The van der Waals surface area contributed by atoms with Crippen LogP contribution in [0.4, 0.5) is 0 Å². The Kier molecular flexibility index (Phi) is 4.35. The Morgan fingerprint density at radius 2 is 2.17 bits per heavy atom.